The quantitative estimate of drug-likeness (QED) is 0.779. The Bertz CT molecular complexity index is 975. The highest BCUT2D eigenvalue weighted by Gasteiger charge is 2.41. The Hall–Kier alpha value is -3.09. The van der Waals surface area contributed by atoms with Gasteiger partial charge in [-0.25, -0.2) is 4.39 Å². The fraction of sp³-hybridized carbons (Fsp3) is 0.364. The Morgan fingerprint density at radius 1 is 1.14 bits per heavy atom. The first-order valence-electron chi connectivity index (χ1n) is 9.84. The first-order valence-corrected chi connectivity index (χ1v) is 9.84. The molecule has 2 aromatic carbocycles. The molecule has 0 radical (unpaired) electrons. The van der Waals surface area contributed by atoms with Crippen molar-refractivity contribution >= 4 is 17.5 Å². The minimum atomic E-state index is -0.430. The summed E-state index contributed by atoms with van der Waals surface area (Å²) >= 11 is 0. The van der Waals surface area contributed by atoms with E-state index in [4.69, 9.17) is 9.47 Å². The van der Waals surface area contributed by atoms with Gasteiger partial charge in [0.1, 0.15) is 5.82 Å². The van der Waals surface area contributed by atoms with Crippen LogP contribution in [0.1, 0.15) is 24.8 Å². The third-order valence-corrected chi connectivity index (χ3v) is 5.71. The van der Waals surface area contributed by atoms with Crippen LogP contribution in [-0.2, 0) is 16.1 Å². The molecule has 2 aromatic rings. The zero-order valence-corrected chi connectivity index (χ0v) is 15.8. The molecule has 150 valence electrons. The van der Waals surface area contributed by atoms with E-state index in [9.17, 15) is 14.0 Å². The standard InChI is InChI=1S/C22H21FN2O4/c23-18-4-2-1-3-14(18)11-25(16-5-6-16)22(27)15-9-21(26)24(12-15)17-7-8-19-20(10-17)29-13-28-19/h1-4,7-8,10,15-16H,5-6,9,11-13H2. The van der Waals surface area contributed by atoms with Gasteiger partial charge in [-0.3, -0.25) is 9.59 Å². The number of rotatable bonds is 5. The van der Waals surface area contributed by atoms with Crippen molar-refractivity contribution < 1.29 is 23.5 Å². The van der Waals surface area contributed by atoms with Crippen molar-refractivity contribution in [3.63, 3.8) is 0 Å². The predicted molar refractivity (Wildman–Crippen MR) is 103 cm³/mol. The number of benzene rings is 2. The summed E-state index contributed by atoms with van der Waals surface area (Å²) in [5.74, 6) is 0.342. The molecule has 1 unspecified atom stereocenters. The zero-order chi connectivity index (χ0) is 20.0. The lowest BCUT2D eigenvalue weighted by molar-refractivity contribution is -0.137. The van der Waals surface area contributed by atoms with Crippen molar-refractivity contribution in [3.8, 4) is 11.5 Å². The van der Waals surface area contributed by atoms with Crippen LogP contribution in [0.5, 0.6) is 11.5 Å². The molecular formula is C22H21FN2O4. The fourth-order valence-corrected chi connectivity index (χ4v) is 3.99. The molecule has 7 heteroatoms. The molecule has 2 fully saturated rings. The summed E-state index contributed by atoms with van der Waals surface area (Å²) in [6, 6.07) is 12.0. The average Bonchev–Trinajstić information content (AvgIpc) is 3.32. The van der Waals surface area contributed by atoms with Gasteiger partial charge in [0.15, 0.2) is 11.5 Å². The fourth-order valence-electron chi connectivity index (χ4n) is 3.99. The van der Waals surface area contributed by atoms with Gasteiger partial charge in [-0.2, -0.15) is 0 Å². The highest BCUT2D eigenvalue weighted by Crippen LogP contribution is 2.38. The van der Waals surface area contributed by atoms with E-state index in [-0.39, 0.29) is 43.4 Å². The van der Waals surface area contributed by atoms with Crippen molar-refractivity contribution in [2.45, 2.75) is 31.8 Å². The van der Waals surface area contributed by atoms with E-state index in [2.05, 4.69) is 0 Å². The zero-order valence-electron chi connectivity index (χ0n) is 15.8. The molecule has 0 N–H and O–H groups in total. The molecule has 1 saturated carbocycles. The number of fused-ring (bicyclic) bond motifs is 1. The Balaban J connectivity index is 1.33. The van der Waals surface area contributed by atoms with E-state index in [1.807, 2.05) is 0 Å². The van der Waals surface area contributed by atoms with Crippen molar-refractivity contribution in [1.82, 2.24) is 4.90 Å². The number of anilines is 1. The lowest BCUT2D eigenvalue weighted by atomic mass is 10.1. The van der Waals surface area contributed by atoms with Crippen LogP contribution in [0.25, 0.3) is 0 Å². The van der Waals surface area contributed by atoms with Crippen molar-refractivity contribution in [2.75, 3.05) is 18.2 Å². The van der Waals surface area contributed by atoms with Gasteiger partial charge in [0.05, 0.1) is 5.92 Å². The molecule has 2 amide bonds. The highest BCUT2D eigenvalue weighted by molar-refractivity contribution is 6.00. The van der Waals surface area contributed by atoms with Gasteiger partial charge in [0, 0.05) is 42.9 Å². The Labute approximate surface area is 167 Å². The van der Waals surface area contributed by atoms with Gasteiger partial charge in [0.2, 0.25) is 18.6 Å². The van der Waals surface area contributed by atoms with Crippen molar-refractivity contribution in [1.29, 1.82) is 0 Å². The first kappa shape index (κ1) is 18.0. The molecule has 3 aliphatic rings. The second-order valence-electron chi connectivity index (χ2n) is 7.73. The van der Waals surface area contributed by atoms with Crippen LogP contribution in [-0.4, -0.2) is 36.1 Å². The average molecular weight is 396 g/mol. The van der Waals surface area contributed by atoms with E-state index in [0.717, 1.165) is 12.8 Å². The maximum atomic E-state index is 14.1. The predicted octanol–water partition coefficient (Wildman–Crippen LogP) is 3.10. The number of carbonyl (C=O) groups excluding carboxylic acids is 2. The normalized spacial score (nSPS) is 20.2. The monoisotopic (exact) mass is 396 g/mol. The number of halogens is 1. The number of amides is 2. The maximum absolute atomic E-state index is 14.1. The lowest BCUT2D eigenvalue weighted by Crippen LogP contribution is -2.38. The van der Waals surface area contributed by atoms with Crippen LogP contribution < -0.4 is 14.4 Å². The molecule has 6 nitrogen and oxygen atoms in total. The van der Waals surface area contributed by atoms with Gasteiger partial charge in [-0.05, 0) is 31.0 Å². The topological polar surface area (TPSA) is 59.1 Å². The largest absolute Gasteiger partial charge is 0.454 e. The molecule has 5 rings (SSSR count). The summed E-state index contributed by atoms with van der Waals surface area (Å²) in [5.41, 5.74) is 1.20. The molecule has 0 bridgehead atoms. The summed E-state index contributed by atoms with van der Waals surface area (Å²) in [6.45, 7) is 0.725. The van der Waals surface area contributed by atoms with E-state index in [0.29, 0.717) is 29.3 Å². The van der Waals surface area contributed by atoms with Crippen LogP contribution >= 0.6 is 0 Å². The second-order valence-corrected chi connectivity index (χ2v) is 7.73. The van der Waals surface area contributed by atoms with Crippen LogP contribution in [0.4, 0.5) is 10.1 Å². The lowest BCUT2D eigenvalue weighted by Gasteiger charge is -2.26. The highest BCUT2D eigenvalue weighted by atomic mass is 19.1. The SMILES string of the molecule is O=C1CC(C(=O)N(Cc2ccccc2F)C2CC2)CN1c1ccc2c(c1)OCO2. The molecule has 2 heterocycles. The summed E-state index contributed by atoms with van der Waals surface area (Å²) in [6.07, 6.45) is 2.01. The number of hydrogen-bond donors (Lipinski definition) is 0. The van der Waals surface area contributed by atoms with Gasteiger partial charge >= 0.3 is 0 Å². The summed E-state index contributed by atoms with van der Waals surface area (Å²) in [4.78, 5) is 29.2. The Morgan fingerprint density at radius 2 is 1.93 bits per heavy atom. The minimum Gasteiger partial charge on any atom is -0.454 e. The number of nitrogens with zero attached hydrogens (tertiary/aromatic N) is 2. The van der Waals surface area contributed by atoms with Gasteiger partial charge in [0.25, 0.3) is 0 Å². The first-order chi connectivity index (χ1) is 14.1. The van der Waals surface area contributed by atoms with Gasteiger partial charge < -0.3 is 19.3 Å². The smallest absolute Gasteiger partial charge is 0.231 e. The Kier molecular flexibility index (Phi) is 4.38. The van der Waals surface area contributed by atoms with Crippen LogP contribution in [0.3, 0.4) is 0 Å². The van der Waals surface area contributed by atoms with Gasteiger partial charge in [-0.1, -0.05) is 18.2 Å². The van der Waals surface area contributed by atoms with E-state index >= 15 is 0 Å². The van der Waals surface area contributed by atoms with Crippen molar-refractivity contribution in [3.05, 3.63) is 53.8 Å². The van der Waals surface area contributed by atoms with Crippen LogP contribution in [0, 0.1) is 11.7 Å². The van der Waals surface area contributed by atoms with E-state index < -0.39 is 5.92 Å². The molecule has 29 heavy (non-hydrogen) atoms. The third-order valence-electron chi connectivity index (χ3n) is 5.71. The molecule has 0 spiro atoms. The van der Waals surface area contributed by atoms with Gasteiger partial charge in [-0.15, -0.1) is 0 Å². The summed E-state index contributed by atoms with van der Waals surface area (Å²) < 4.78 is 24.8. The third kappa shape index (κ3) is 3.41. The Morgan fingerprint density at radius 3 is 2.72 bits per heavy atom. The molecule has 1 aliphatic carbocycles. The number of hydrogen-bond acceptors (Lipinski definition) is 4. The molecule has 1 atom stereocenters. The number of ether oxygens (including phenoxy) is 2. The molecule has 0 aromatic heterocycles. The molecular weight excluding hydrogens is 375 g/mol. The van der Waals surface area contributed by atoms with Crippen LogP contribution in [0.2, 0.25) is 0 Å². The van der Waals surface area contributed by atoms with Crippen LogP contribution in [0.15, 0.2) is 42.5 Å². The minimum absolute atomic E-state index is 0.0765. The van der Waals surface area contributed by atoms with E-state index in [1.54, 1.807) is 46.2 Å². The van der Waals surface area contributed by atoms with E-state index in [1.165, 1.54) is 6.07 Å². The molecule has 1 saturated heterocycles. The summed E-state index contributed by atoms with van der Waals surface area (Å²) in [7, 11) is 0. The summed E-state index contributed by atoms with van der Waals surface area (Å²) in [5, 5.41) is 0. The van der Waals surface area contributed by atoms with Crippen molar-refractivity contribution in [2.24, 2.45) is 5.92 Å². The second kappa shape index (κ2) is 7.06. The maximum Gasteiger partial charge on any atom is 0.231 e. The number of carbonyl (C=O) groups is 2. The molecule has 2 aliphatic heterocycles.